The van der Waals surface area contributed by atoms with E-state index >= 15 is 0 Å². The van der Waals surface area contributed by atoms with E-state index in [1.807, 2.05) is 12.1 Å². The van der Waals surface area contributed by atoms with Gasteiger partial charge in [-0.15, -0.1) is 0 Å². The molecular formula is C16H22BrNO2. The minimum absolute atomic E-state index is 0.0679. The van der Waals surface area contributed by atoms with Crippen molar-refractivity contribution < 1.29 is 9.53 Å². The molecular weight excluding hydrogens is 318 g/mol. The highest BCUT2D eigenvalue weighted by Gasteiger charge is 2.25. The summed E-state index contributed by atoms with van der Waals surface area (Å²) in [5, 5.41) is 3.10. The molecule has 1 aromatic carbocycles. The molecule has 1 saturated heterocycles. The lowest BCUT2D eigenvalue weighted by atomic mass is 9.84. The Labute approximate surface area is 129 Å². The van der Waals surface area contributed by atoms with E-state index in [1.165, 1.54) is 5.56 Å². The summed E-state index contributed by atoms with van der Waals surface area (Å²) in [6.45, 7) is 6.37. The van der Waals surface area contributed by atoms with Crippen molar-refractivity contribution in [3.63, 3.8) is 0 Å². The van der Waals surface area contributed by atoms with Crippen molar-refractivity contribution in [2.24, 2.45) is 5.92 Å². The first-order chi connectivity index (χ1) is 9.49. The van der Waals surface area contributed by atoms with Gasteiger partial charge < -0.3 is 10.1 Å². The number of carbonyl (C=O) groups excluding carboxylic acids is 1. The van der Waals surface area contributed by atoms with Gasteiger partial charge in [0.15, 0.2) is 0 Å². The van der Waals surface area contributed by atoms with Gasteiger partial charge in [0.2, 0.25) is 5.91 Å². The number of hydrogen-bond acceptors (Lipinski definition) is 2. The van der Waals surface area contributed by atoms with Gasteiger partial charge >= 0.3 is 0 Å². The first-order valence-corrected chi connectivity index (χ1v) is 7.90. The van der Waals surface area contributed by atoms with Crippen LogP contribution in [0.2, 0.25) is 0 Å². The van der Waals surface area contributed by atoms with Crippen molar-refractivity contribution in [2.45, 2.75) is 32.1 Å². The van der Waals surface area contributed by atoms with Crippen LogP contribution in [-0.2, 0) is 14.9 Å². The van der Waals surface area contributed by atoms with Crippen molar-refractivity contribution in [2.75, 3.05) is 19.8 Å². The first kappa shape index (κ1) is 15.5. The minimum atomic E-state index is -0.0679. The van der Waals surface area contributed by atoms with E-state index in [4.69, 9.17) is 4.74 Å². The fourth-order valence-electron chi connectivity index (χ4n) is 2.42. The van der Waals surface area contributed by atoms with Crippen molar-refractivity contribution in [3.8, 4) is 0 Å². The number of hydrogen-bond donors (Lipinski definition) is 1. The minimum Gasteiger partial charge on any atom is -0.381 e. The number of halogens is 1. The molecule has 0 spiro atoms. The Morgan fingerprint density at radius 2 is 1.90 bits per heavy atom. The smallest absolute Gasteiger partial charge is 0.223 e. The van der Waals surface area contributed by atoms with Crippen LogP contribution in [0, 0.1) is 5.92 Å². The molecule has 4 heteroatoms. The molecule has 0 radical (unpaired) electrons. The predicted molar refractivity (Wildman–Crippen MR) is 83.7 cm³/mol. The Bertz CT molecular complexity index is 450. The normalized spacial score (nSPS) is 16.9. The SMILES string of the molecule is CC(C)(CNC(=O)C1CCOCC1)c1ccc(Br)cc1. The maximum absolute atomic E-state index is 12.2. The molecule has 1 heterocycles. The van der Waals surface area contributed by atoms with Gasteiger partial charge in [0.1, 0.15) is 0 Å². The molecule has 0 bridgehead atoms. The maximum Gasteiger partial charge on any atom is 0.223 e. The molecule has 1 aliphatic rings. The van der Waals surface area contributed by atoms with Gasteiger partial charge in [-0.05, 0) is 30.5 Å². The molecule has 0 aromatic heterocycles. The first-order valence-electron chi connectivity index (χ1n) is 7.10. The average Bonchev–Trinajstić information content (AvgIpc) is 2.46. The zero-order valence-electron chi connectivity index (χ0n) is 12.1. The Morgan fingerprint density at radius 1 is 1.30 bits per heavy atom. The van der Waals surface area contributed by atoms with Crippen LogP contribution in [0.3, 0.4) is 0 Å². The molecule has 0 unspecified atom stereocenters. The van der Waals surface area contributed by atoms with Gasteiger partial charge in [-0.1, -0.05) is 41.9 Å². The van der Waals surface area contributed by atoms with Crippen LogP contribution in [0.1, 0.15) is 32.3 Å². The summed E-state index contributed by atoms with van der Waals surface area (Å²) in [6, 6.07) is 8.28. The summed E-state index contributed by atoms with van der Waals surface area (Å²) < 4.78 is 6.36. The van der Waals surface area contributed by atoms with Crippen LogP contribution in [0.5, 0.6) is 0 Å². The lowest BCUT2D eigenvalue weighted by Crippen LogP contribution is -2.41. The highest BCUT2D eigenvalue weighted by molar-refractivity contribution is 9.10. The molecule has 1 N–H and O–H groups in total. The van der Waals surface area contributed by atoms with Gasteiger partial charge in [-0.3, -0.25) is 4.79 Å². The van der Waals surface area contributed by atoms with Gasteiger partial charge in [-0.2, -0.15) is 0 Å². The number of nitrogens with one attached hydrogen (secondary N) is 1. The number of amides is 1. The molecule has 3 nitrogen and oxygen atoms in total. The third-order valence-corrected chi connectivity index (χ3v) is 4.45. The summed E-state index contributed by atoms with van der Waals surface area (Å²) in [5.74, 6) is 0.281. The third-order valence-electron chi connectivity index (χ3n) is 3.92. The zero-order chi connectivity index (χ0) is 14.6. The zero-order valence-corrected chi connectivity index (χ0v) is 13.7. The fourth-order valence-corrected chi connectivity index (χ4v) is 2.68. The lowest BCUT2D eigenvalue weighted by molar-refractivity contribution is -0.128. The summed E-state index contributed by atoms with van der Waals surface area (Å²) >= 11 is 3.44. The third kappa shape index (κ3) is 4.06. The molecule has 0 atom stereocenters. The monoisotopic (exact) mass is 339 g/mol. The molecule has 0 saturated carbocycles. The van der Waals surface area contributed by atoms with Gasteiger partial charge in [0.05, 0.1) is 0 Å². The molecule has 0 aliphatic carbocycles. The van der Waals surface area contributed by atoms with E-state index in [0.29, 0.717) is 19.8 Å². The molecule has 1 aromatic rings. The second-order valence-electron chi connectivity index (χ2n) is 6.00. The summed E-state index contributed by atoms with van der Waals surface area (Å²) in [5.41, 5.74) is 1.16. The standard InChI is InChI=1S/C16H22BrNO2/c1-16(2,13-3-5-14(17)6-4-13)11-18-15(19)12-7-9-20-10-8-12/h3-6,12H,7-11H2,1-2H3,(H,18,19). The number of carbonyl (C=O) groups is 1. The van der Waals surface area contributed by atoms with Gasteiger partial charge in [-0.25, -0.2) is 0 Å². The van der Waals surface area contributed by atoms with E-state index < -0.39 is 0 Å². The molecule has 1 aliphatic heterocycles. The quantitative estimate of drug-likeness (QED) is 0.914. The Hall–Kier alpha value is -0.870. The molecule has 110 valence electrons. The topological polar surface area (TPSA) is 38.3 Å². The van der Waals surface area contributed by atoms with Gasteiger partial charge in [0.25, 0.3) is 0 Å². The highest BCUT2D eigenvalue weighted by atomic mass is 79.9. The van der Waals surface area contributed by atoms with E-state index in [1.54, 1.807) is 0 Å². The average molecular weight is 340 g/mol. The van der Waals surface area contributed by atoms with Crippen LogP contribution in [0.4, 0.5) is 0 Å². The van der Waals surface area contributed by atoms with Gasteiger partial charge in [0, 0.05) is 35.6 Å². The lowest BCUT2D eigenvalue weighted by Gasteiger charge is -2.28. The van der Waals surface area contributed by atoms with Crippen LogP contribution >= 0.6 is 15.9 Å². The predicted octanol–water partition coefficient (Wildman–Crippen LogP) is 3.27. The second kappa shape index (κ2) is 6.72. The Kier molecular flexibility index (Phi) is 5.22. The number of ether oxygens (including phenoxy) is 1. The largest absolute Gasteiger partial charge is 0.381 e. The summed E-state index contributed by atoms with van der Waals surface area (Å²) in [4.78, 5) is 12.2. The summed E-state index contributed by atoms with van der Waals surface area (Å²) in [6.07, 6.45) is 1.68. The fraction of sp³-hybridized carbons (Fsp3) is 0.562. The summed E-state index contributed by atoms with van der Waals surface area (Å²) in [7, 11) is 0. The van der Waals surface area contributed by atoms with Crippen molar-refractivity contribution in [1.29, 1.82) is 0 Å². The van der Waals surface area contributed by atoms with E-state index in [9.17, 15) is 4.79 Å². The number of benzene rings is 1. The number of rotatable bonds is 4. The van der Waals surface area contributed by atoms with Crippen LogP contribution in [0.15, 0.2) is 28.7 Å². The Morgan fingerprint density at radius 3 is 2.50 bits per heavy atom. The maximum atomic E-state index is 12.2. The Balaban J connectivity index is 1.91. The highest BCUT2D eigenvalue weighted by Crippen LogP contribution is 2.24. The van der Waals surface area contributed by atoms with Crippen molar-refractivity contribution in [3.05, 3.63) is 34.3 Å². The van der Waals surface area contributed by atoms with Crippen LogP contribution in [0.25, 0.3) is 0 Å². The molecule has 1 fully saturated rings. The molecule has 20 heavy (non-hydrogen) atoms. The molecule has 2 rings (SSSR count). The van der Waals surface area contributed by atoms with Crippen LogP contribution in [-0.4, -0.2) is 25.7 Å². The van der Waals surface area contributed by atoms with E-state index in [0.717, 1.165) is 17.3 Å². The second-order valence-corrected chi connectivity index (χ2v) is 6.91. The molecule has 1 amide bonds. The van der Waals surface area contributed by atoms with E-state index in [-0.39, 0.29) is 17.2 Å². The van der Waals surface area contributed by atoms with Crippen molar-refractivity contribution in [1.82, 2.24) is 5.32 Å². The van der Waals surface area contributed by atoms with Crippen molar-refractivity contribution >= 4 is 21.8 Å². The van der Waals surface area contributed by atoms with Crippen LogP contribution < -0.4 is 5.32 Å². The van der Waals surface area contributed by atoms with E-state index in [2.05, 4.69) is 47.2 Å².